The molecule has 9 heavy (non-hydrogen) atoms. The van der Waals surface area contributed by atoms with E-state index in [9.17, 15) is 0 Å². The second-order valence-corrected chi connectivity index (χ2v) is 2.98. The van der Waals surface area contributed by atoms with Gasteiger partial charge < -0.3 is 11.1 Å². The normalized spacial score (nSPS) is 35.3. The van der Waals surface area contributed by atoms with E-state index in [0.717, 1.165) is 19.4 Å². The smallest absolute Gasteiger partial charge is 0.0319 e. The Labute approximate surface area is 56.1 Å². The molecular weight excluding hydrogens is 112 g/mol. The van der Waals surface area contributed by atoms with Crippen LogP contribution in [0.5, 0.6) is 0 Å². The first-order chi connectivity index (χ1) is 4.21. The Morgan fingerprint density at radius 3 is 3.22 bits per heavy atom. The first-order valence-electron chi connectivity index (χ1n) is 3.38. The molecule has 0 saturated carbocycles. The molecule has 0 bridgehead atoms. The minimum atomic E-state index is -0.0104. The van der Waals surface area contributed by atoms with E-state index in [0.29, 0.717) is 0 Å². The fourth-order valence-corrected chi connectivity index (χ4v) is 0.960. The molecule has 1 rings (SSSR count). The van der Waals surface area contributed by atoms with Crippen molar-refractivity contribution < 1.29 is 0 Å². The molecule has 52 valence electrons. The number of nitrogens with one attached hydrogen (secondary N) is 1. The van der Waals surface area contributed by atoms with Crippen molar-refractivity contribution >= 4 is 0 Å². The summed E-state index contributed by atoms with van der Waals surface area (Å²) in [4.78, 5) is 0. The van der Waals surface area contributed by atoms with Gasteiger partial charge in [0.2, 0.25) is 0 Å². The van der Waals surface area contributed by atoms with Crippen molar-refractivity contribution in [2.24, 2.45) is 5.73 Å². The predicted octanol–water partition coefficient (Wildman–Crippen LogP) is 0.601. The lowest BCUT2D eigenvalue weighted by Gasteiger charge is -2.21. The van der Waals surface area contributed by atoms with Gasteiger partial charge in [-0.05, 0) is 26.0 Å². The van der Waals surface area contributed by atoms with Gasteiger partial charge in [-0.15, -0.1) is 0 Å². The van der Waals surface area contributed by atoms with Gasteiger partial charge in [-0.25, -0.2) is 0 Å². The number of nitrogens with two attached hydrogens (primary N) is 1. The molecular formula is C7H14N2. The van der Waals surface area contributed by atoms with E-state index < -0.39 is 0 Å². The number of allylic oxidation sites excluding steroid dienone is 1. The van der Waals surface area contributed by atoms with E-state index in [1.165, 1.54) is 0 Å². The largest absolute Gasteiger partial charge is 0.389 e. The Morgan fingerprint density at radius 1 is 1.67 bits per heavy atom. The summed E-state index contributed by atoms with van der Waals surface area (Å²) in [5, 5.41) is 3.13. The van der Waals surface area contributed by atoms with Gasteiger partial charge in [0, 0.05) is 12.1 Å². The lowest BCUT2D eigenvalue weighted by Crippen LogP contribution is -2.43. The average molecular weight is 126 g/mol. The van der Waals surface area contributed by atoms with Crippen LogP contribution in [-0.4, -0.2) is 12.1 Å². The highest BCUT2D eigenvalue weighted by molar-refractivity contribution is 4.93. The van der Waals surface area contributed by atoms with Crippen LogP contribution in [0.15, 0.2) is 12.3 Å². The van der Waals surface area contributed by atoms with Crippen LogP contribution in [0.3, 0.4) is 0 Å². The summed E-state index contributed by atoms with van der Waals surface area (Å²) in [6, 6.07) is 0. The van der Waals surface area contributed by atoms with Crippen LogP contribution in [0.2, 0.25) is 0 Å². The molecule has 1 atom stereocenters. The molecule has 0 spiro atoms. The molecule has 2 nitrogen and oxygen atoms in total. The highest BCUT2D eigenvalue weighted by Gasteiger charge is 2.17. The topological polar surface area (TPSA) is 38.0 Å². The third-order valence-electron chi connectivity index (χ3n) is 1.62. The molecule has 2 heteroatoms. The lowest BCUT2D eigenvalue weighted by atomic mass is 9.98. The zero-order valence-corrected chi connectivity index (χ0v) is 5.85. The average Bonchev–Trinajstić information content (AvgIpc) is 1.92. The SMILES string of the molecule is CC1(N)CCC=CNC1. The van der Waals surface area contributed by atoms with Crippen LogP contribution in [0.1, 0.15) is 19.8 Å². The van der Waals surface area contributed by atoms with E-state index in [-0.39, 0.29) is 5.54 Å². The molecule has 0 aromatic carbocycles. The molecule has 0 aromatic heterocycles. The van der Waals surface area contributed by atoms with Crippen molar-refractivity contribution in [3.8, 4) is 0 Å². The summed E-state index contributed by atoms with van der Waals surface area (Å²) in [6.07, 6.45) is 6.28. The molecule has 3 N–H and O–H groups in total. The van der Waals surface area contributed by atoms with Crippen molar-refractivity contribution in [2.45, 2.75) is 25.3 Å². The Morgan fingerprint density at radius 2 is 2.44 bits per heavy atom. The lowest BCUT2D eigenvalue weighted by molar-refractivity contribution is 0.434. The van der Waals surface area contributed by atoms with Gasteiger partial charge in [-0.2, -0.15) is 0 Å². The van der Waals surface area contributed by atoms with Crippen molar-refractivity contribution in [1.29, 1.82) is 0 Å². The van der Waals surface area contributed by atoms with Crippen molar-refractivity contribution in [3.05, 3.63) is 12.3 Å². The van der Waals surface area contributed by atoms with E-state index in [4.69, 9.17) is 5.73 Å². The summed E-state index contributed by atoms with van der Waals surface area (Å²) >= 11 is 0. The van der Waals surface area contributed by atoms with Gasteiger partial charge in [0.25, 0.3) is 0 Å². The highest BCUT2D eigenvalue weighted by atomic mass is 14.9. The fraction of sp³-hybridized carbons (Fsp3) is 0.714. The van der Waals surface area contributed by atoms with Crippen LogP contribution >= 0.6 is 0 Å². The molecule has 1 aliphatic rings. The fourth-order valence-electron chi connectivity index (χ4n) is 0.960. The van der Waals surface area contributed by atoms with Gasteiger partial charge in [-0.1, -0.05) is 6.08 Å². The molecule has 1 unspecified atom stereocenters. The number of hydrogen-bond donors (Lipinski definition) is 2. The van der Waals surface area contributed by atoms with Crippen LogP contribution in [0.25, 0.3) is 0 Å². The van der Waals surface area contributed by atoms with Crippen LogP contribution < -0.4 is 11.1 Å². The molecule has 0 radical (unpaired) electrons. The molecule has 0 aliphatic carbocycles. The number of rotatable bonds is 0. The van der Waals surface area contributed by atoms with E-state index in [2.05, 4.69) is 18.3 Å². The van der Waals surface area contributed by atoms with Crippen LogP contribution in [0, 0.1) is 0 Å². The van der Waals surface area contributed by atoms with Gasteiger partial charge in [0.1, 0.15) is 0 Å². The maximum atomic E-state index is 5.88. The van der Waals surface area contributed by atoms with E-state index >= 15 is 0 Å². The Kier molecular flexibility index (Phi) is 1.76. The minimum Gasteiger partial charge on any atom is -0.389 e. The summed E-state index contributed by atoms with van der Waals surface area (Å²) in [7, 11) is 0. The van der Waals surface area contributed by atoms with Crippen molar-refractivity contribution in [1.82, 2.24) is 5.32 Å². The first-order valence-corrected chi connectivity index (χ1v) is 3.38. The molecule has 1 heterocycles. The third-order valence-corrected chi connectivity index (χ3v) is 1.62. The second kappa shape index (κ2) is 2.40. The summed E-state index contributed by atoms with van der Waals surface area (Å²) < 4.78 is 0. The quantitative estimate of drug-likeness (QED) is 0.499. The Balaban J connectivity index is 2.44. The summed E-state index contributed by atoms with van der Waals surface area (Å²) in [5.74, 6) is 0. The Hall–Kier alpha value is -0.500. The predicted molar refractivity (Wildman–Crippen MR) is 39.0 cm³/mol. The van der Waals surface area contributed by atoms with Gasteiger partial charge in [0.15, 0.2) is 0 Å². The van der Waals surface area contributed by atoms with Crippen molar-refractivity contribution in [3.63, 3.8) is 0 Å². The molecule has 0 fully saturated rings. The second-order valence-electron chi connectivity index (χ2n) is 2.98. The summed E-state index contributed by atoms with van der Waals surface area (Å²) in [6.45, 7) is 2.97. The molecule has 0 amide bonds. The van der Waals surface area contributed by atoms with E-state index in [1.807, 2.05) is 6.20 Å². The number of hydrogen-bond acceptors (Lipinski definition) is 2. The zero-order valence-electron chi connectivity index (χ0n) is 5.85. The monoisotopic (exact) mass is 126 g/mol. The standard InChI is InChI=1S/C7H14N2/c1-7(8)4-2-3-5-9-6-7/h3,5,9H,2,4,6,8H2,1H3. The maximum Gasteiger partial charge on any atom is 0.0319 e. The first kappa shape index (κ1) is 6.62. The van der Waals surface area contributed by atoms with Gasteiger partial charge in [0.05, 0.1) is 0 Å². The summed E-state index contributed by atoms with van der Waals surface area (Å²) in [5.41, 5.74) is 5.86. The molecule has 0 aromatic rings. The molecule has 1 aliphatic heterocycles. The Bertz CT molecular complexity index is 104. The van der Waals surface area contributed by atoms with Crippen LogP contribution in [0.4, 0.5) is 0 Å². The van der Waals surface area contributed by atoms with Crippen molar-refractivity contribution in [2.75, 3.05) is 6.54 Å². The zero-order chi connectivity index (χ0) is 6.74. The minimum absolute atomic E-state index is 0.0104. The van der Waals surface area contributed by atoms with Crippen LogP contribution in [-0.2, 0) is 0 Å². The van der Waals surface area contributed by atoms with Gasteiger partial charge >= 0.3 is 0 Å². The van der Waals surface area contributed by atoms with E-state index in [1.54, 1.807) is 0 Å². The van der Waals surface area contributed by atoms with Gasteiger partial charge in [-0.3, -0.25) is 0 Å². The maximum absolute atomic E-state index is 5.88. The molecule has 0 saturated heterocycles. The highest BCUT2D eigenvalue weighted by Crippen LogP contribution is 2.09. The third kappa shape index (κ3) is 2.06.